The largest absolute Gasteiger partial charge is 0.452 e. The lowest BCUT2D eigenvalue weighted by Gasteiger charge is -2.22. The Morgan fingerprint density at radius 2 is 1.21 bits per heavy atom. The molecule has 0 radical (unpaired) electrons. The standard InChI is InChI=1S/C26H22O3/c1-2-20(27)17-25(28)29-26(23-15-7-11-18-9-3-5-13-21(18)23)24-16-8-12-19-10-4-6-14-22(19)24/h3-16,26H,2,17H2,1H3. The minimum absolute atomic E-state index is 0.121. The Morgan fingerprint density at radius 3 is 1.72 bits per heavy atom. The van der Waals surface area contributed by atoms with Crippen LogP contribution in [0.25, 0.3) is 21.5 Å². The van der Waals surface area contributed by atoms with Crippen LogP contribution < -0.4 is 0 Å². The Labute approximate surface area is 169 Å². The maximum atomic E-state index is 12.6. The van der Waals surface area contributed by atoms with Crippen LogP contribution in [0.4, 0.5) is 0 Å². The molecule has 0 aromatic heterocycles. The summed E-state index contributed by atoms with van der Waals surface area (Å²) >= 11 is 0. The maximum absolute atomic E-state index is 12.6. The number of fused-ring (bicyclic) bond motifs is 2. The molecule has 0 aliphatic heterocycles. The predicted molar refractivity (Wildman–Crippen MR) is 116 cm³/mol. The highest BCUT2D eigenvalue weighted by molar-refractivity contribution is 5.96. The molecule has 4 aromatic carbocycles. The van der Waals surface area contributed by atoms with E-state index in [9.17, 15) is 9.59 Å². The highest BCUT2D eigenvalue weighted by atomic mass is 16.5. The molecule has 144 valence electrons. The van der Waals surface area contributed by atoms with Crippen molar-refractivity contribution in [3.05, 3.63) is 96.1 Å². The number of Topliss-reactive ketones (excluding diaryl/α,β-unsaturated/α-hetero) is 1. The van der Waals surface area contributed by atoms with E-state index >= 15 is 0 Å². The topological polar surface area (TPSA) is 43.4 Å². The van der Waals surface area contributed by atoms with Crippen molar-refractivity contribution in [3.63, 3.8) is 0 Å². The second-order valence-electron chi connectivity index (χ2n) is 7.08. The number of carbonyl (C=O) groups is 2. The van der Waals surface area contributed by atoms with Gasteiger partial charge in [-0.05, 0) is 21.5 Å². The summed E-state index contributed by atoms with van der Waals surface area (Å²) in [7, 11) is 0. The van der Waals surface area contributed by atoms with E-state index in [1.807, 2.05) is 84.9 Å². The zero-order valence-electron chi connectivity index (χ0n) is 16.3. The fraction of sp³-hybridized carbons (Fsp3) is 0.154. The van der Waals surface area contributed by atoms with Crippen molar-refractivity contribution in [1.29, 1.82) is 0 Å². The van der Waals surface area contributed by atoms with E-state index in [1.54, 1.807) is 6.92 Å². The lowest BCUT2D eigenvalue weighted by Crippen LogP contribution is -2.16. The fourth-order valence-electron chi connectivity index (χ4n) is 3.71. The molecule has 4 rings (SSSR count). The molecule has 0 saturated carbocycles. The zero-order valence-corrected chi connectivity index (χ0v) is 16.3. The SMILES string of the molecule is CCC(=O)CC(=O)OC(c1cccc2ccccc12)c1cccc2ccccc12. The molecule has 0 amide bonds. The van der Waals surface area contributed by atoms with Gasteiger partial charge in [0.15, 0.2) is 6.10 Å². The van der Waals surface area contributed by atoms with Crippen LogP contribution in [0, 0.1) is 0 Å². The van der Waals surface area contributed by atoms with E-state index in [0.717, 1.165) is 32.7 Å². The minimum atomic E-state index is -0.593. The third-order valence-corrected chi connectivity index (χ3v) is 5.20. The number of hydrogen-bond acceptors (Lipinski definition) is 3. The van der Waals surface area contributed by atoms with E-state index in [-0.39, 0.29) is 12.2 Å². The van der Waals surface area contributed by atoms with Crippen LogP contribution in [0.1, 0.15) is 37.0 Å². The van der Waals surface area contributed by atoms with Crippen molar-refractivity contribution in [3.8, 4) is 0 Å². The molecule has 0 heterocycles. The first kappa shape index (κ1) is 18.9. The molecule has 0 saturated heterocycles. The van der Waals surface area contributed by atoms with Gasteiger partial charge in [-0.15, -0.1) is 0 Å². The minimum Gasteiger partial charge on any atom is -0.452 e. The molecular formula is C26H22O3. The lowest BCUT2D eigenvalue weighted by atomic mass is 9.92. The number of rotatable bonds is 6. The van der Waals surface area contributed by atoms with Crippen molar-refractivity contribution >= 4 is 33.3 Å². The van der Waals surface area contributed by atoms with E-state index in [1.165, 1.54) is 0 Å². The molecule has 0 spiro atoms. The molecule has 3 heteroatoms. The van der Waals surface area contributed by atoms with E-state index in [4.69, 9.17) is 4.74 Å². The van der Waals surface area contributed by atoms with Gasteiger partial charge < -0.3 is 4.74 Å². The molecule has 0 fully saturated rings. The summed E-state index contributed by atoms with van der Waals surface area (Å²) < 4.78 is 5.95. The van der Waals surface area contributed by atoms with Crippen LogP contribution in [0.3, 0.4) is 0 Å². The molecule has 0 bridgehead atoms. The number of esters is 1. The molecular weight excluding hydrogens is 360 g/mol. The van der Waals surface area contributed by atoms with E-state index in [0.29, 0.717) is 6.42 Å². The van der Waals surface area contributed by atoms with Crippen molar-refractivity contribution < 1.29 is 14.3 Å². The summed E-state index contributed by atoms with van der Waals surface area (Å²) in [6.07, 6.45) is -0.477. The number of hydrogen-bond donors (Lipinski definition) is 0. The predicted octanol–water partition coefficient (Wildman–Crippen LogP) is 5.99. The van der Waals surface area contributed by atoms with Gasteiger partial charge in [0.25, 0.3) is 0 Å². The van der Waals surface area contributed by atoms with Crippen molar-refractivity contribution in [2.75, 3.05) is 0 Å². The van der Waals surface area contributed by atoms with Crippen LogP contribution in [0.15, 0.2) is 84.9 Å². The third-order valence-electron chi connectivity index (χ3n) is 5.20. The molecule has 0 unspecified atom stereocenters. The van der Waals surface area contributed by atoms with Gasteiger partial charge in [0.05, 0.1) is 0 Å². The van der Waals surface area contributed by atoms with Crippen LogP contribution in [0.2, 0.25) is 0 Å². The first-order valence-electron chi connectivity index (χ1n) is 9.84. The number of carbonyl (C=O) groups excluding carboxylic acids is 2. The summed E-state index contributed by atoms with van der Waals surface area (Å²) in [5, 5.41) is 4.22. The Bertz CT molecular complexity index is 1100. The molecule has 0 aliphatic carbocycles. The van der Waals surface area contributed by atoms with Gasteiger partial charge in [-0.3, -0.25) is 9.59 Å². The van der Waals surface area contributed by atoms with Gasteiger partial charge in [-0.25, -0.2) is 0 Å². The molecule has 29 heavy (non-hydrogen) atoms. The second-order valence-corrected chi connectivity index (χ2v) is 7.08. The summed E-state index contributed by atoms with van der Waals surface area (Å²) in [5.74, 6) is -0.618. The third kappa shape index (κ3) is 3.90. The number of ether oxygens (including phenoxy) is 1. The fourth-order valence-corrected chi connectivity index (χ4v) is 3.71. The van der Waals surface area contributed by atoms with Gasteiger partial charge in [0, 0.05) is 17.5 Å². The van der Waals surface area contributed by atoms with E-state index in [2.05, 4.69) is 0 Å². The summed E-state index contributed by atoms with van der Waals surface area (Å²) in [6.45, 7) is 1.75. The maximum Gasteiger partial charge on any atom is 0.314 e. The Morgan fingerprint density at radius 1 is 0.724 bits per heavy atom. The Balaban J connectivity index is 1.87. The van der Waals surface area contributed by atoms with Crippen LogP contribution in [0.5, 0.6) is 0 Å². The molecule has 0 aliphatic rings. The molecule has 3 nitrogen and oxygen atoms in total. The zero-order chi connectivity index (χ0) is 20.2. The average Bonchev–Trinajstić information content (AvgIpc) is 2.77. The average molecular weight is 382 g/mol. The first-order chi connectivity index (χ1) is 14.2. The Hall–Kier alpha value is -3.46. The lowest BCUT2D eigenvalue weighted by molar-refractivity contribution is -0.149. The normalized spacial score (nSPS) is 11.1. The van der Waals surface area contributed by atoms with Crippen molar-refractivity contribution in [1.82, 2.24) is 0 Å². The highest BCUT2D eigenvalue weighted by Crippen LogP contribution is 2.35. The van der Waals surface area contributed by atoms with Gasteiger partial charge in [-0.2, -0.15) is 0 Å². The van der Waals surface area contributed by atoms with Crippen molar-refractivity contribution in [2.24, 2.45) is 0 Å². The number of ketones is 1. The number of benzene rings is 4. The van der Waals surface area contributed by atoms with Crippen LogP contribution >= 0.6 is 0 Å². The quantitative estimate of drug-likeness (QED) is 0.304. The first-order valence-corrected chi connectivity index (χ1v) is 9.84. The smallest absolute Gasteiger partial charge is 0.314 e. The molecule has 4 aromatic rings. The summed E-state index contributed by atoms with van der Waals surface area (Å²) in [4.78, 5) is 24.4. The van der Waals surface area contributed by atoms with Crippen LogP contribution in [-0.2, 0) is 14.3 Å². The van der Waals surface area contributed by atoms with Crippen LogP contribution in [-0.4, -0.2) is 11.8 Å². The van der Waals surface area contributed by atoms with Gasteiger partial charge in [0.1, 0.15) is 12.2 Å². The summed E-state index contributed by atoms with van der Waals surface area (Å²) in [6, 6.07) is 28.1. The molecule has 0 N–H and O–H groups in total. The van der Waals surface area contributed by atoms with Gasteiger partial charge in [-0.1, -0.05) is 91.9 Å². The molecule has 0 atom stereocenters. The van der Waals surface area contributed by atoms with E-state index < -0.39 is 12.1 Å². The highest BCUT2D eigenvalue weighted by Gasteiger charge is 2.24. The van der Waals surface area contributed by atoms with Gasteiger partial charge >= 0.3 is 5.97 Å². The van der Waals surface area contributed by atoms with Gasteiger partial charge in [0.2, 0.25) is 0 Å². The summed E-state index contributed by atoms with van der Waals surface area (Å²) in [5.41, 5.74) is 1.83. The monoisotopic (exact) mass is 382 g/mol. The Kier molecular flexibility index (Phi) is 5.39. The second kappa shape index (κ2) is 8.27. The van der Waals surface area contributed by atoms with Crippen molar-refractivity contribution in [2.45, 2.75) is 25.9 Å².